The van der Waals surface area contributed by atoms with Gasteiger partial charge in [0.1, 0.15) is 5.75 Å². The Hall–Kier alpha value is -1.99. The van der Waals surface area contributed by atoms with Gasteiger partial charge in [0.25, 0.3) is 5.91 Å². The van der Waals surface area contributed by atoms with Crippen molar-refractivity contribution in [2.45, 2.75) is 6.54 Å². The molecule has 22 heavy (non-hydrogen) atoms. The standard InChI is InChI=1S/C15H18N4O2S/c1-21-13-4-2-12(3-5-13)10-18-6-8-19(9-7-18)15(20)14-11-22-17-16-14/h2-5,11H,6-10H2,1H3. The molecule has 2 heterocycles. The van der Waals surface area contributed by atoms with Crippen LogP contribution in [0.25, 0.3) is 0 Å². The van der Waals surface area contributed by atoms with Crippen LogP contribution in [0.4, 0.5) is 0 Å². The van der Waals surface area contributed by atoms with Crippen LogP contribution in [0.2, 0.25) is 0 Å². The van der Waals surface area contributed by atoms with Crippen LogP contribution in [0, 0.1) is 0 Å². The minimum atomic E-state index is -0.0159. The molecule has 1 aliphatic heterocycles. The Morgan fingerprint density at radius 1 is 1.23 bits per heavy atom. The summed E-state index contributed by atoms with van der Waals surface area (Å²) in [5, 5.41) is 5.55. The second-order valence-electron chi connectivity index (χ2n) is 5.21. The average molecular weight is 318 g/mol. The topological polar surface area (TPSA) is 58.6 Å². The fourth-order valence-electron chi connectivity index (χ4n) is 2.52. The number of amides is 1. The fraction of sp³-hybridized carbons (Fsp3) is 0.400. The van der Waals surface area contributed by atoms with Gasteiger partial charge in [0.05, 0.1) is 7.11 Å². The first-order valence-corrected chi connectivity index (χ1v) is 8.01. The third kappa shape index (κ3) is 3.42. The van der Waals surface area contributed by atoms with Crippen LogP contribution in [0.3, 0.4) is 0 Å². The summed E-state index contributed by atoms with van der Waals surface area (Å²) in [6.45, 7) is 4.09. The highest BCUT2D eigenvalue weighted by molar-refractivity contribution is 7.03. The van der Waals surface area contributed by atoms with Gasteiger partial charge in [0, 0.05) is 38.1 Å². The maximum Gasteiger partial charge on any atom is 0.275 e. The van der Waals surface area contributed by atoms with E-state index >= 15 is 0 Å². The number of piperazine rings is 1. The number of hydrogen-bond donors (Lipinski definition) is 0. The molecule has 0 bridgehead atoms. The number of methoxy groups -OCH3 is 1. The Bertz CT molecular complexity index is 607. The SMILES string of the molecule is COc1ccc(CN2CCN(C(=O)c3csnn3)CC2)cc1. The minimum absolute atomic E-state index is 0.0159. The van der Waals surface area contributed by atoms with Gasteiger partial charge in [-0.15, -0.1) is 5.10 Å². The number of rotatable bonds is 4. The van der Waals surface area contributed by atoms with E-state index < -0.39 is 0 Å². The molecule has 2 aromatic rings. The summed E-state index contributed by atoms with van der Waals surface area (Å²) >= 11 is 1.21. The lowest BCUT2D eigenvalue weighted by molar-refractivity contribution is 0.0622. The van der Waals surface area contributed by atoms with Crippen LogP contribution >= 0.6 is 11.5 Å². The largest absolute Gasteiger partial charge is 0.497 e. The van der Waals surface area contributed by atoms with Crippen LogP contribution < -0.4 is 4.74 Å². The second kappa shape index (κ2) is 6.85. The van der Waals surface area contributed by atoms with Crippen molar-refractivity contribution in [3.05, 3.63) is 40.9 Å². The highest BCUT2D eigenvalue weighted by Crippen LogP contribution is 2.15. The second-order valence-corrected chi connectivity index (χ2v) is 5.82. The maximum atomic E-state index is 12.2. The predicted octanol–water partition coefficient (Wildman–Crippen LogP) is 1.50. The van der Waals surface area contributed by atoms with Gasteiger partial charge in [-0.25, -0.2) is 0 Å². The van der Waals surface area contributed by atoms with E-state index in [1.54, 1.807) is 12.5 Å². The molecule has 116 valence electrons. The highest BCUT2D eigenvalue weighted by atomic mass is 32.1. The summed E-state index contributed by atoms with van der Waals surface area (Å²) in [5.41, 5.74) is 1.71. The number of hydrogen-bond acceptors (Lipinski definition) is 6. The van der Waals surface area contributed by atoms with Crippen molar-refractivity contribution in [1.29, 1.82) is 0 Å². The zero-order chi connectivity index (χ0) is 15.4. The van der Waals surface area contributed by atoms with E-state index in [2.05, 4.69) is 26.6 Å². The van der Waals surface area contributed by atoms with Crippen molar-refractivity contribution in [2.24, 2.45) is 0 Å². The lowest BCUT2D eigenvalue weighted by Crippen LogP contribution is -2.48. The van der Waals surface area contributed by atoms with Crippen molar-refractivity contribution in [2.75, 3.05) is 33.3 Å². The molecule has 1 aliphatic rings. The lowest BCUT2D eigenvalue weighted by Gasteiger charge is -2.34. The monoisotopic (exact) mass is 318 g/mol. The van der Waals surface area contributed by atoms with Crippen molar-refractivity contribution in [3.8, 4) is 5.75 Å². The summed E-state index contributed by atoms with van der Waals surface area (Å²) in [7, 11) is 1.67. The number of ether oxygens (including phenoxy) is 1. The highest BCUT2D eigenvalue weighted by Gasteiger charge is 2.23. The molecular weight excluding hydrogens is 300 g/mol. The van der Waals surface area contributed by atoms with Gasteiger partial charge in [-0.05, 0) is 29.2 Å². The molecule has 0 saturated carbocycles. The molecule has 6 nitrogen and oxygen atoms in total. The molecule has 0 spiro atoms. The van der Waals surface area contributed by atoms with E-state index in [9.17, 15) is 4.79 Å². The molecular formula is C15H18N4O2S. The van der Waals surface area contributed by atoms with Crippen molar-refractivity contribution in [1.82, 2.24) is 19.4 Å². The summed E-state index contributed by atoms with van der Waals surface area (Å²) in [4.78, 5) is 16.4. The van der Waals surface area contributed by atoms with Gasteiger partial charge < -0.3 is 9.64 Å². The molecule has 1 fully saturated rings. The molecule has 0 atom stereocenters. The fourth-order valence-corrected chi connectivity index (χ4v) is 2.95. The summed E-state index contributed by atoms with van der Waals surface area (Å²) in [5.74, 6) is 0.855. The molecule has 1 aromatic carbocycles. The van der Waals surface area contributed by atoms with E-state index in [0.717, 1.165) is 38.5 Å². The van der Waals surface area contributed by atoms with E-state index in [-0.39, 0.29) is 5.91 Å². The summed E-state index contributed by atoms with van der Waals surface area (Å²) in [6.07, 6.45) is 0. The van der Waals surface area contributed by atoms with E-state index in [0.29, 0.717) is 5.69 Å². The summed E-state index contributed by atoms with van der Waals surface area (Å²) in [6, 6.07) is 8.11. The molecule has 0 radical (unpaired) electrons. The van der Waals surface area contributed by atoms with Crippen LogP contribution in [0.1, 0.15) is 16.1 Å². The zero-order valence-corrected chi connectivity index (χ0v) is 13.3. The van der Waals surface area contributed by atoms with Crippen molar-refractivity contribution in [3.63, 3.8) is 0 Å². The number of carbonyl (C=O) groups is 1. The number of aromatic nitrogens is 2. The number of nitrogens with zero attached hydrogens (tertiary/aromatic N) is 4. The Balaban J connectivity index is 1.52. The third-order valence-electron chi connectivity index (χ3n) is 3.80. The summed E-state index contributed by atoms with van der Waals surface area (Å²) < 4.78 is 8.91. The Morgan fingerprint density at radius 2 is 1.95 bits per heavy atom. The van der Waals surface area contributed by atoms with Gasteiger partial charge in [-0.3, -0.25) is 9.69 Å². The van der Waals surface area contributed by atoms with E-state index in [1.165, 1.54) is 17.1 Å². The zero-order valence-electron chi connectivity index (χ0n) is 12.4. The molecule has 1 aromatic heterocycles. The van der Waals surface area contributed by atoms with Gasteiger partial charge in [0.2, 0.25) is 0 Å². The average Bonchev–Trinajstić information content (AvgIpc) is 3.10. The quantitative estimate of drug-likeness (QED) is 0.855. The smallest absolute Gasteiger partial charge is 0.275 e. The molecule has 3 rings (SSSR count). The molecule has 0 aliphatic carbocycles. The van der Waals surface area contributed by atoms with Crippen molar-refractivity contribution < 1.29 is 9.53 Å². The molecule has 1 saturated heterocycles. The van der Waals surface area contributed by atoms with Crippen LogP contribution in [0.15, 0.2) is 29.6 Å². The molecule has 0 N–H and O–H groups in total. The van der Waals surface area contributed by atoms with E-state index in [4.69, 9.17) is 4.74 Å². The Labute approximate surface area is 133 Å². The molecule has 1 amide bonds. The van der Waals surface area contributed by atoms with Gasteiger partial charge in [0.15, 0.2) is 5.69 Å². The predicted molar refractivity (Wildman–Crippen MR) is 84.1 cm³/mol. The van der Waals surface area contributed by atoms with Crippen LogP contribution in [0.5, 0.6) is 5.75 Å². The maximum absolute atomic E-state index is 12.2. The third-order valence-corrected chi connectivity index (χ3v) is 4.31. The lowest BCUT2D eigenvalue weighted by atomic mass is 10.2. The first-order chi connectivity index (χ1) is 10.8. The number of benzene rings is 1. The Morgan fingerprint density at radius 3 is 2.55 bits per heavy atom. The van der Waals surface area contributed by atoms with E-state index in [1.807, 2.05) is 17.0 Å². The first-order valence-electron chi connectivity index (χ1n) is 7.18. The minimum Gasteiger partial charge on any atom is -0.497 e. The van der Waals surface area contributed by atoms with Crippen molar-refractivity contribution >= 4 is 17.4 Å². The number of carbonyl (C=O) groups excluding carboxylic acids is 1. The first kappa shape index (κ1) is 14.9. The van der Waals surface area contributed by atoms with Crippen LogP contribution in [-0.2, 0) is 6.54 Å². The van der Waals surface area contributed by atoms with Gasteiger partial charge in [-0.1, -0.05) is 16.6 Å². The molecule has 7 heteroatoms. The normalized spacial score (nSPS) is 15.8. The van der Waals surface area contributed by atoms with Crippen LogP contribution in [-0.4, -0.2) is 58.6 Å². The molecule has 0 unspecified atom stereocenters. The van der Waals surface area contributed by atoms with Gasteiger partial charge in [-0.2, -0.15) is 0 Å². The Kier molecular flexibility index (Phi) is 4.65. The van der Waals surface area contributed by atoms with Gasteiger partial charge >= 0.3 is 0 Å².